The average molecular weight is 493 g/mol. The van der Waals surface area contributed by atoms with Gasteiger partial charge in [0.1, 0.15) is 0 Å². The normalized spacial score (nSPS) is 16.7. The lowest BCUT2D eigenvalue weighted by Crippen LogP contribution is -2.29. The Morgan fingerprint density at radius 1 is 0.939 bits per heavy atom. The molecule has 186 valence electrons. The third kappa shape index (κ3) is 12.2. The highest BCUT2D eigenvalue weighted by molar-refractivity contribution is 8.77. The smallest absolute Gasteiger partial charge is 0.227 e. The lowest BCUT2D eigenvalue weighted by atomic mass is 9.96. The van der Waals surface area contributed by atoms with Gasteiger partial charge in [0.25, 0.3) is 0 Å². The van der Waals surface area contributed by atoms with E-state index in [9.17, 15) is 9.59 Å². The van der Waals surface area contributed by atoms with Crippen LogP contribution in [0.4, 0.5) is 0 Å². The van der Waals surface area contributed by atoms with Crippen LogP contribution in [0.15, 0.2) is 24.3 Å². The minimum atomic E-state index is -0.121. The van der Waals surface area contributed by atoms with Crippen molar-refractivity contribution in [2.75, 3.05) is 18.8 Å². The van der Waals surface area contributed by atoms with Gasteiger partial charge in [-0.2, -0.15) is 0 Å². The first-order chi connectivity index (χ1) is 16.0. The molecule has 33 heavy (non-hydrogen) atoms. The summed E-state index contributed by atoms with van der Waals surface area (Å²) in [7, 11) is 4.01. The number of hydrogen-bond donors (Lipinski definition) is 2. The molecular weight excluding hydrogens is 448 g/mol. The molecule has 2 atom stereocenters. The second kappa shape index (κ2) is 16.5. The lowest BCUT2D eigenvalue weighted by Gasteiger charge is -2.14. The zero-order chi connectivity index (χ0) is 23.9. The summed E-state index contributed by atoms with van der Waals surface area (Å²) in [4.78, 5) is 24.4. The Morgan fingerprint density at radius 2 is 1.64 bits per heavy atom. The minimum absolute atomic E-state index is 0.101. The Balaban J connectivity index is 1.44. The van der Waals surface area contributed by atoms with Crippen LogP contribution in [0.5, 0.6) is 0 Å². The van der Waals surface area contributed by atoms with Crippen LogP contribution in [0.2, 0.25) is 0 Å². The topological polar surface area (TPSA) is 58.2 Å². The van der Waals surface area contributed by atoms with E-state index in [-0.39, 0.29) is 17.7 Å². The van der Waals surface area contributed by atoms with Gasteiger partial charge in [0.05, 0.1) is 5.92 Å². The fraction of sp³-hybridized carbons (Fsp3) is 0.704. The molecule has 4 nitrogen and oxygen atoms in total. The Kier molecular flexibility index (Phi) is 14.0. The molecule has 0 saturated carbocycles. The Morgan fingerprint density at radius 3 is 2.27 bits per heavy atom. The number of amides is 2. The molecule has 1 aromatic rings. The maximum atomic E-state index is 12.4. The highest BCUT2D eigenvalue weighted by Crippen LogP contribution is 2.39. The second-order valence-electron chi connectivity index (χ2n) is 9.69. The van der Waals surface area contributed by atoms with Gasteiger partial charge in [-0.1, -0.05) is 79.0 Å². The van der Waals surface area contributed by atoms with E-state index < -0.39 is 0 Å². The van der Waals surface area contributed by atoms with E-state index in [0.717, 1.165) is 62.4 Å². The van der Waals surface area contributed by atoms with E-state index in [1.165, 1.54) is 30.6 Å². The van der Waals surface area contributed by atoms with Crippen LogP contribution in [-0.4, -0.2) is 35.9 Å². The molecule has 1 aliphatic heterocycles. The fourth-order valence-electron chi connectivity index (χ4n) is 4.07. The molecule has 2 N–H and O–H groups in total. The predicted octanol–water partition coefficient (Wildman–Crippen LogP) is 6.50. The minimum Gasteiger partial charge on any atom is -0.356 e. The number of carbonyl (C=O) groups is 2. The van der Waals surface area contributed by atoms with Crippen LogP contribution in [0.3, 0.4) is 0 Å². The van der Waals surface area contributed by atoms with Gasteiger partial charge in [-0.05, 0) is 62.5 Å². The summed E-state index contributed by atoms with van der Waals surface area (Å²) in [5, 5.41) is 6.94. The number of benzene rings is 1. The number of carbonyl (C=O) groups excluding carboxylic acids is 2. The van der Waals surface area contributed by atoms with Gasteiger partial charge in [0, 0.05) is 30.5 Å². The number of hydrogen-bond acceptors (Lipinski definition) is 4. The van der Waals surface area contributed by atoms with Crippen LogP contribution in [0, 0.1) is 5.92 Å². The molecule has 2 amide bonds. The van der Waals surface area contributed by atoms with Crippen molar-refractivity contribution in [1.82, 2.24) is 10.6 Å². The maximum Gasteiger partial charge on any atom is 0.227 e. The number of rotatable bonds is 16. The number of unbranched alkanes of at least 4 members (excludes halogenated alkanes) is 4. The van der Waals surface area contributed by atoms with Crippen LogP contribution >= 0.6 is 21.6 Å². The van der Waals surface area contributed by atoms with E-state index in [2.05, 4.69) is 48.7 Å². The summed E-state index contributed by atoms with van der Waals surface area (Å²) in [6.07, 6.45) is 10.6. The summed E-state index contributed by atoms with van der Waals surface area (Å²) in [6.45, 7) is 7.90. The summed E-state index contributed by atoms with van der Waals surface area (Å²) < 4.78 is 0. The van der Waals surface area contributed by atoms with E-state index in [0.29, 0.717) is 12.3 Å². The first kappa shape index (κ1) is 28.1. The molecule has 2 rings (SSSR count). The van der Waals surface area contributed by atoms with E-state index in [1.807, 2.05) is 28.5 Å². The molecule has 0 bridgehead atoms. The van der Waals surface area contributed by atoms with E-state index in [1.54, 1.807) is 0 Å². The summed E-state index contributed by atoms with van der Waals surface area (Å²) in [6, 6.07) is 8.47. The molecule has 1 aliphatic rings. The molecule has 0 aliphatic carbocycles. The van der Waals surface area contributed by atoms with Gasteiger partial charge >= 0.3 is 0 Å². The third-order valence-corrected chi connectivity index (χ3v) is 9.16. The van der Waals surface area contributed by atoms with Crippen molar-refractivity contribution in [2.45, 2.75) is 96.1 Å². The van der Waals surface area contributed by atoms with Crippen molar-refractivity contribution in [3.63, 3.8) is 0 Å². The zero-order valence-corrected chi connectivity index (χ0v) is 22.5. The third-order valence-electron chi connectivity index (χ3n) is 6.15. The number of nitrogens with one attached hydrogen (secondary N) is 2. The molecular formula is C27H44N2O2S2. The summed E-state index contributed by atoms with van der Waals surface area (Å²) in [5.74, 6) is 2.10. The highest BCUT2D eigenvalue weighted by atomic mass is 33.1. The fourth-order valence-corrected chi connectivity index (χ4v) is 7.10. The molecule has 0 radical (unpaired) electrons. The van der Waals surface area contributed by atoms with Crippen LogP contribution < -0.4 is 10.6 Å². The van der Waals surface area contributed by atoms with E-state index >= 15 is 0 Å². The predicted molar refractivity (Wildman–Crippen MR) is 145 cm³/mol. The second-order valence-corrected chi connectivity index (χ2v) is 12.5. The Hall–Kier alpha value is -1.14. The quantitative estimate of drug-likeness (QED) is 0.204. The molecule has 0 aromatic heterocycles. The Bertz CT molecular complexity index is 688. The molecule has 0 spiro atoms. The first-order valence-electron chi connectivity index (χ1n) is 12.9. The van der Waals surface area contributed by atoms with Crippen molar-refractivity contribution in [1.29, 1.82) is 0 Å². The van der Waals surface area contributed by atoms with Gasteiger partial charge < -0.3 is 10.6 Å². The zero-order valence-electron chi connectivity index (χ0n) is 20.9. The summed E-state index contributed by atoms with van der Waals surface area (Å²) >= 11 is 0. The lowest BCUT2D eigenvalue weighted by molar-refractivity contribution is -0.122. The monoisotopic (exact) mass is 492 g/mol. The van der Waals surface area contributed by atoms with Crippen molar-refractivity contribution in [3.05, 3.63) is 35.4 Å². The van der Waals surface area contributed by atoms with Crippen molar-refractivity contribution >= 4 is 33.4 Å². The van der Waals surface area contributed by atoms with Crippen molar-refractivity contribution in [3.8, 4) is 0 Å². The molecule has 1 saturated heterocycles. The van der Waals surface area contributed by atoms with Gasteiger partial charge in [0.15, 0.2) is 0 Å². The standard InChI is InChI=1S/C27H44N2O2S2/c1-21(2)20-23-12-14-24(15-13-23)22(3)27(31)29-18-9-5-4-8-17-28-26(30)11-7-6-10-25-16-19-32-33-25/h12-15,21-22,25H,4-11,16-20H2,1-3H3,(H,28,30)(H,29,31)/t22?,25-/m0/s1. The van der Waals surface area contributed by atoms with E-state index in [4.69, 9.17) is 0 Å². The molecule has 1 aromatic carbocycles. The Labute approximate surface area is 209 Å². The maximum absolute atomic E-state index is 12.4. The largest absolute Gasteiger partial charge is 0.356 e. The highest BCUT2D eigenvalue weighted by Gasteiger charge is 2.16. The van der Waals surface area contributed by atoms with Gasteiger partial charge in [-0.3, -0.25) is 9.59 Å². The average Bonchev–Trinajstić information content (AvgIpc) is 3.31. The first-order valence-corrected chi connectivity index (χ1v) is 15.3. The van der Waals surface area contributed by atoms with Crippen LogP contribution in [0.1, 0.15) is 95.6 Å². The van der Waals surface area contributed by atoms with Crippen molar-refractivity contribution < 1.29 is 9.59 Å². The molecule has 1 fully saturated rings. The van der Waals surface area contributed by atoms with Gasteiger partial charge in [-0.25, -0.2) is 0 Å². The van der Waals surface area contributed by atoms with Crippen LogP contribution in [0.25, 0.3) is 0 Å². The molecule has 1 unspecified atom stereocenters. The van der Waals surface area contributed by atoms with Gasteiger partial charge in [-0.15, -0.1) is 0 Å². The van der Waals surface area contributed by atoms with Gasteiger partial charge in [0.2, 0.25) is 11.8 Å². The summed E-state index contributed by atoms with van der Waals surface area (Å²) in [5.41, 5.74) is 2.41. The van der Waals surface area contributed by atoms with Crippen molar-refractivity contribution in [2.24, 2.45) is 5.92 Å². The molecule has 1 heterocycles. The molecule has 6 heteroatoms. The van der Waals surface area contributed by atoms with Crippen LogP contribution in [-0.2, 0) is 16.0 Å². The SMILES string of the molecule is CC(C)Cc1ccc(C(C)C(=O)NCCCCCCNC(=O)CCCC[C@H]2CCSS2)cc1.